The Morgan fingerprint density at radius 3 is 2.42 bits per heavy atom. The van der Waals surface area contributed by atoms with Crippen molar-refractivity contribution in [3.05, 3.63) is 48.5 Å². The van der Waals surface area contributed by atoms with Gasteiger partial charge in [0.05, 0.1) is 11.4 Å². The molecule has 0 radical (unpaired) electrons. The molecular weight excluding hydrogens is 346 g/mol. The zero-order chi connectivity index (χ0) is 18.4. The number of sulfonamides is 1. The van der Waals surface area contributed by atoms with E-state index in [0.717, 1.165) is 42.8 Å². The van der Waals surface area contributed by atoms with Crippen LogP contribution in [0.25, 0.3) is 11.3 Å². The van der Waals surface area contributed by atoms with Gasteiger partial charge in [0.25, 0.3) is 0 Å². The van der Waals surface area contributed by atoms with Gasteiger partial charge < -0.3 is 5.32 Å². The van der Waals surface area contributed by atoms with Crippen LogP contribution < -0.4 is 10.0 Å². The van der Waals surface area contributed by atoms with E-state index in [1.165, 1.54) is 0 Å². The predicted octanol–water partition coefficient (Wildman–Crippen LogP) is 3.66. The summed E-state index contributed by atoms with van der Waals surface area (Å²) in [6.45, 7) is 2.23. The fourth-order valence-electron chi connectivity index (χ4n) is 3.35. The Morgan fingerprint density at radius 1 is 1.00 bits per heavy atom. The minimum Gasteiger partial charge on any atom is -0.367 e. The van der Waals surface area contributed by atoms with Crippen LogP contribution in [0.5, 0.6) is 0 Å². The topological polar surface area (TPSA) is 71.1 Å². The monoisotopic (exact) mass is 373 g/mol. The number of nitrogens with one attached hydrogen (secondary N) is 2. The summed E-state index contributed by atoms with van der Waals surface area (Å²) in [5, 5.41) is 3.55. The third-order valence-corrected chi connectivity index (χ3v) is 6.36. The maximum Gasteiger partial charge on any atom is 0.211 e. The molecule has 1 aliphatic carbocycles. The van der Waals surface area contributed by atoms with Crippen LogP contribution in [0.1, 0.15) is 32.6 Å². The molecule has 0 spiro atoms. The van der Waals surface area contributed by atoms with Gasteiger partial charge in [0.15, 0.2) is 0 Å². The third-order valence-electron chi connectivity index (χ3n) is 4.99. The van der Waals surface area contributed by atoms with E-state index in [0.29, 0.717) is 18.5 Å². The van der Waals surface area contributed by atoms with E-state index >= 15 is 0 Å². The van der Waals surface area contributed by atoms with Crippen LogP contribution in [0.15, 0.2) is 48.5 Å². The zero-order valence-corrected chi connectivity index (χ0v) is 16.0. The lowest BCUT2D eigenvalue weighted by Crippen LogP contribution is -2.34. The maximum absolute atomic E-state index is 11.6. The van der Waals surface area contributed by atoms with E-state index in [1.54, 1.807) is 6.92 Å². The standard InChI is InChI=1S/C20H27N3O2S/c1-2-26(24,25)21-15-16-11-13-18(14-12-16)22-20-10-6-9-19(23-20)17-7-4-3-5-8-17/h3-10,16,18,21H,2,11-15H2,1H3,(H,22,23). The van der Waals surface area contributed by atoms with Gasteiger partial charge >= 0.3 is 0 Å². The third kappa shape index (κ3) is 5.29. The fraction of sp³-hybridized carbons (Fsp3) is 0.450. The van der Waals surface area contributed by atoms with Crippen LogP contribution in [0.4, 0.5) is 5.82 Å². The molecule has 0 bridgehead atoms. The van der Waals surface area contributed by atoms with Crippen molar-refractivity contribution in [2.45, 2.75) is 38.6 Å². The van der Waals surface area contributed by atoms with Gasteiger partial charge in [-0.2, -0.15) is 0 Å². The summed E-state index contributed by atoms with van der Waals surface area (Å²) in [7, 11) is -3.09. The molecule has 1 aliphatic rings. The van der Waals surface area contributed by atoms with E-state index in [9.17, 15) is 8.42 Å². The maximum atomic E-state index is 11.6. The average molecular weight is 374 g/mol. The SMILES string of the molecule is CCS(=O)(=O)NCC1CCC(Nc2cccc(-c3ccccc3)n2)CC1. The molecule has 0 unspecified atom stereocenters. The Hall–Kier alpha value is -1.92. The minimum absolute atomic E-state index is 0.146. The van der Waals surface area contributed by atoms with Gasteiger partial charge in [0.1, 0.15) is 5.82 Å². The predicted molar refractivity (Wildman–Crippen MR) is 107 cm³/mol. The summed E-state index contributed by atoms with van der Waals surface area (Å²) in [4.78, 5) is 4.73. The molecule has 140 valence electrons. The molecule has 26 heavy (non-hydrogen) atoms. The highest BCUT2D eigenvalue weighted by molar-refractivity contribution is 7.89. The molecule has 5 nitrogen and oxygen atoms in total. The van der Waals surface area contributed by atoms with Gasteiger partial charge in [0.2, 0.25) is 10.0 Å². The smallest absolute Gasteiger partial charge is 0.211 e. The molecule has 2 N–H and O–H groups in total. The normalized spacial score (nSPS) is 20.7. The average Bonchev–Trinajstić information content (AvgIpc) is 2.68. The molecular formula is C20H27N3O2S. The molecule has 2 aromatic rings. The van der Waals surface area contributed by atoms with Crippen molar-refractivity contribution in [1.82, 2.24) is 9.71 Å². The molecule has 0 aliphatic heterocycles. The molecule has 1 aromatic heterocycles. The Balaban J connectivity index is 1.52. The largest absolute Gasteiger partial charge is 0.367 e. The number of aromatic nitrogens is 1. The van der Waals surface area contributed by atoms with Gasteiger partial charge in [-0.1, -0.05) is 36.4 Å². The number of nitrogens with zero attached hydrogens (tertiary/aromatic N) is 1. The minimum atomic E-state index is -3.09. The summed E-state index contributed by atoms with van der Waals surface area (Å²) in [6.07, 6.45) is 4.14. The van der Waals surface area contributed by atoms with Crippen molar-refractivity contribution in [3.63, 3.8) is 0 Å². The Morgan fingerprint density at radius 2 is 1.73 bits per heavy atom. The first-order chi connectivity index (χ1) is 12.6. The van der Waals surface area contributed by atoms with Crippen molar-refractivity contribution in [2.24, 2.45) is 5.92 Å². The Bertz CT molecular complexity index is 801. The summed E-state index contributed by atoms with van der Waals surface area (Å²) in [6, 6.07) is 16.6. The lowest BCUT2D eigenvalue weighted by molar-refractivity contribution is 0.337. The van der Waals surface area contributed by atoms with Crippen molar-refractivity contribution >= 4 is 15.8 Å². The molecule has 1 heterocycles. The van der Waals surface area contributed by atoms with Crippen LogP contribution in [-0.4, -0.2) is 31.7 Å². The quantitative estimate of drug-likeness (QED) is 0.777. The van der Waals surface area contributed by atoms with E-state index < -0.39 is 10.0 Å². The molecule has 0 saturated heterocycles. The summed E-state index contributed by atoms with van der Waals surface area (Å²) < 4.78 is 25.8. The first kappa shape index (κ1) is 18.9. The van der Waals surface area contributed by atoms with Crippen molar-refractivity contribution in [2.75, 3.05) is 17.6 Å². The van der Waals surface area contributed by atoms with E-state index in [-0.39, 0.29) is 5.75 Å². The van der Waals surface area contributed by atoms with Gasteiger partial charge in [-0.25, -0.2) is 18.1 Å². The molecule has 1 aromatic carbocycles. The van der Waals surface area contributed by atoms with Crippen molar-refractivity contribution in [3.8, 4) is 11.3 Å². The molecule has 1 saturated carbocycles. The second-order valence-corrected chi connectivity index (χ2v) is 8.98. The second-order valence-electron chi connectivity index (χ2n) is 6.89. The first-order valence-electron chi connectivity index (χ1n) is 9.32. The van der Waals surface area contributed by atoms with Crippen LogP contribution in [0.2, 0.25) is 0 Å². The van der Waals surface area contributed by atoms with Crippen molar-refractivity contribution in [1.29, 1.82) is 0 Å². The first-order valence-corrected chi connectivity index (χ1v) is 11.0. The number of anilines is 1. The Labute approximate surface area is 156 Å². The number of rotatable bonds is 7. The summed E-state index contributed by atoms with van der Waals surface area (Å²) in [5.74, 6) is 1.48. The number of hydrogen-bond donors (Lipinski definition) is 2. The molecule has 6 heteroatoms. The Kier molecular flexibility index (Phi) is 6.27. The number of pyridine rings is 1. The highest BCUT2D eigenvalue weighted by atomic mass is 32.2. The van der Waals surface area contributed by atoms with Gasteiger partial charge in [-0.3, -0.25) is 0 Å². The van der Waals surface area contributed by atoms with Gasteiger partial charge in [0, 0.05) is 18.2 Å². The molecule has 1 fully saturated rings. The van der Waals surface area contributed by atoms with E-state index in [1.807, 2.05) is 36.4 Å². The van der Waals surface area contributed by atoms with Gasteiger partial charge in [-0.15, -0.1) is 0 Å². The lowest BCUT2D eigenvalue weighted by atomic mass is 9.86. The van der Waals surface area contributed by atoms with E-state index in [4.69, 9.17) is 4.98 Å². The number of benzene rings is 1. The van der Waals surface area contributed by atoms with Gasteiger partial charge in [-0.05, 0) is 50.7 Å². The molecule has 0 amide bonds. The van der Waals surface area contributed by atoms with Crippen molar-refractivity contribution < 1.29 is 8.42 Å². The summed E-state index contributed by atoms with van der Waals surface area (Å²) in [5.41, 5.74) is 2.08. The van der Waals surface area contributed by atoms with Crippen LogP contribution >= 0.6 is 0 Å². The van der Waals surface area contributed by atoms with Crippen LogP contribution in [0, 0.1) is 5.92 Å². The fourth-order valence-corrected chi connectivity index (χ4v) is 4.05. The molecule has 3 rings (SSSR count). The van der Waals surface area contributed by atoms with E-state index in [2.05, 4.69) is 22.2 Å². The number of hydrogen-bond acceptors (Lipinski definition) is 4. The zero-order valence-electron chi connectivity index (χ0n) is 15.2. The summed E-state index contributed by atoms with van der Waals surface area (Å²) >= 11 is 0. The van der Waals surface area contributed by atoms with Crippen LogP contribution in [-0.2, 0) is 10.0 Å². The van der Waals surface area contributed by atoms with Crippen LogP contribution in [0.3, 0.4) is 0 Å². The lowest BCUT2D eigenvalue weighted by Gasteiger charge is -2.29. The highest BCUT2D eigenvalue weighted by Gasteiger charge is 2.22. The second kappa shape index (κ2) is 8.64. The molecule has 0 atom stereocenters. The highest BCUT2D eigenvalue weighted by Crippen LogP contribution is 2.26.